The van der Waals surface area contributed by atoms with Gasteiger partial charge in [0, 0.05) is 12.6 Å². The quantitative estimate of drug-likeness (QED) is 0.911. The van der Waals surface area contributed by atoms with Gasteiger partial charge in [0.15, 0.2) is 0 Å². The Morgan fingerprint density at radius 1 is 1.53 bits per heavy atom. The maximum absolute atomic E-state index is 13.8. The smallest absolute Gasteiger partial charge is 0.254 e. The third-order valence-corrected chi connectivity index (χ3v) is 3.09. The lowest BCUT2D eigenvalue weighted by Crippen LogP contribution is -2.32. The molecule has 2 rings (SSSR count). The number of benzene rings is 1. The molecular weight excluding hydrogens is 252 g/mol. The lowest BCUT2D eigenvalue weighted by molar-refractivity contribution is 0.0941. The van der Waals surface area contributed by atoms with E-state index in [0.29, 0.717) is 42.6 Å². The summed E-state index contributed by atoms with van der Waals surface area (Å²) in [5.74, 6) is -0.686. The Hall–Kier alpha value is -1.91. The zero-order chi connectivity index (χ0) is 13.8. The minimum absolute atomic E-state index is 0.0790. The Morgan fingerprint density at radius 2 is 2.32 bits per heavy atom. The van der Waals surface area contributed by atoms with Gasteiger partial charge in [-0.3, -0.25) is 4.79 Å². The molecule has 0 saturated carbocycles. The minimum atomic E-state index is -0.605. The molecule has 0 radical (unpaired) electrons. The van der Waals surface area contributed by atoms with Crippen LogP contribution < -0.4 is 10.1 Å². The van der Waals surface area contributed by atoms with Crippen molar-refractivity contribution in [3.63, 3.8) is 0 Å². The first kappa shape index (κ1) is 13.5. The van der Waals surface area contributed by atoms with Crippen molar-refractivity contribution in [2.24, 2.45) is 0 Å². The van der Waals surface area contributed by atoms with Gasteiger partial charge < -0.3 is 10.1 Å². The predicted molar refractivity (Wildman–Crippen MR) is 67.4 cm³/mol. The SMILES string of the molecule is CC/C(=C\F)COc1cc(F)c2c(c1)CCNC2=O. The maximum Gasteiger partial charge on any atom is 0.254 e. The monoisotopic (exact) mass is 267 g/mol. The largest absolute Gasteiger partial charge is 0.489 e. The average Bonchev–Trinajstić information content (AvgIpc) is 2.39. The van der Waals surface area contributed by atoms with Crippen LogP contribution in [0.15, 0.2) is 24.0 Å². The summed E-state index contributed by atoms with van der Waals surface area (Å²) >= 11 is 0. The van der Waals surface area contributed by atoms with E-state index in [4.69, 9.17) is 4.74 Å². The Morgan fingerprint density at radius 3 is 3.00 bits per heavy atom. The molecule has 0 aliphatic carbocycles. The van der Waals surface area contributed by atoms with Crippen molar-refractivity contribution in [3.8, 4) is 5.75 Å². The number of amides is 1. The van der Waals surface area contributed by atoms with Crippen molar-refractivity contribution in [3.05, 3.63) is 41.0 Å². The van der Waals surface area contributed by atoms with Crippen LogP contribution in [0.25, 0.3) is 0 Å². The van der Waals surface area contributed by atoms with Gasteiger partial charge in [-0.05, 0) is 30.0 Å². The van der Waals surface area contributed by atoms with Crippen molar-refractivity contribution in [1.29, 1.82) is 0 Å². The van der Waals surface area contributed by atoms with E-state index < -0.39 is 11.7 Å². The predicted octanol–water partition coefficient (Wildman–Crippen LogP) is 2.75. The van der Waals surface area contributed by atoms with Gasteiger partial charge in [-0.25, -0.2) is 8.78 Å². The van der Waals surface area contributed by atoms with Gasteiger partial charge >= 0.3 is 0 Å². The van der Waals surface area contributed by atoms with Crippen LogP contribution in [0.4, 0.5) is 8.78 Å². The second-order valence-corrected chi connectivity index (χ2v) is 4.35. The molecule has 3 nitrogen and oxygen atoms in total. The van der Waals surface area contributed by atoms with E-state index in [1.807, 2.05) is 6.92 Å². The molecule has 1 aromatic rings. The fraction of sp³-hybridized carbons (Fsp3) is 0.357. The van der Waals surface area contributed by atoms with Gasteiger partial charge in [0.25, 0.3) is 5.91 Å². The normalized spacial score (nSPS) is 14.9. The summed E-state index contributed by atoms with van der Waals surface area (Å²) in [7, 11) is 0. The van der Waals surface area contributed by atoms with Gasteiger partial charge in [-0.2, -0.15) is 0 Å². The summed E-state index contributed by atoms with van der Waals surface area (Å²) in [4.78, 5) is 11.5. The van der Waals surface area contributed by atoms with Gasteiger partial charge in [-0.15, -0.1) is 0 Å². The molecule has 19 heavy (non-hydrogen) atoms. The first-order valence-corrected chi connectivity index (χ1v) is 6.17. The van der Waals surface area contributed by atoms with Gasteiger partial charge in [0.1, 0.15) is 18.2 Å². The Labute approximate surface area is 110 Å². The van der Waals surface area contributed by atoms with Crippen LogP contribution in [-0.4, -0.2) is 19.1 Å². The number of nitrogens with one attached hydrogen (secondary N) is 1. The molecule has 102 valence electrons. The van der Waals surface area contributed by atoms with Crippen molar-refractivity contribution >= 4 is 5.91 Å². The van der Waals surface area contributed by atoms with Gasteiger partial charge in [0.05, 0.1) is 11.9 Å². The average molecular weight is 267 g/mol. The molecule has 0 saturated heterocycles. The summed E-state index contributed by atoms with van der Waals surface area (Å²) < 4.78 is 31.6. The highest BCUT2D eigenvalue weighted by molar-refractivity contribution is 5.97. The van der Waals surface area contributed by atoms with E-state index in [1.165, 1.54) is 0 Å². The van der Waals surface area contributed by atoms with Gasteiger partial charge in [0.2, 0.25) is 0 Å². The molecular formula is C14H15F2NO2. The summed E-state index contributed by atoms with van der Waals surface area (Å²) in [6.07, 6.45) is 1.60. The summed E-state index contributed by atoms with van der Waals surface area (Å²) in [5.41, 5.74) is 1.20. The van der Waals surface area contributed by atoms with Crippen LogP contribution in [0.1, 0.15) is 29.3 Å². The van der Waals surface area contributed by atoms with E-state index in [-0.39, 0.29) is 12.2 Å². The number of carbonyl (C=O) groups excluding carboxylic acids is 1. The van der Waals surface area contributed by atoms with Crippen LogP contribution in [0.5, 0.6) is 5.75 Å². The zero-order valence-corrected chi connectivity index (χ0v) is 10.6. The van der Waals surface area contributed by atoms with E-state index in [1.54, 1.807) is 6.07 Å². The number of rotatable bonds is 4. The lowest BCUT2D eigenvalue weighted by atomic mass is 9.99. The number of carbonyl (C=O) groups is 1. The molecule has 0 bridgehead atoms. The molecule has 5 heteroatoms. The molecule has 0 fully saturated rings. The number of ether oxygens (including phenoxy) is 1. The molecule has 0 atom stereocenters. The third kappa shape index (κ3) is 2.92. The van der Waals surface area contributed by atoms with E-state index in [2.05, 4.69) is 5.32 Å². The second-order valence-electron chi connectivity index (χ2n) is 4.35. The number of hydrogen-bond acceptors (Lipinski definition) is 2. The van der Waals surface area contributed by atoms with E-state index >= 15 is 0 Å². The number of halogens is 2. The summed E-state index contributed by atoms with van der Waals surface area (Å²) in [5, 5.41) is 2.59. The van der Waals surface area contributed by atoms with Crippen molar-refractivity contribution in [2.45, 2.75) is 19.8 Å². The zero-order valence-electron chi connectivity index (χ0n) is 10.6. The molecule has 1 aromatic carbocycles. The fourth-order valence-corrected chi connectivity index (χ4v) is 1.96. The molecule has 0 spiro atoms. The third-order valence-electron chi connectivity index (χ3n) is 3.09. The molecule has 1 aliphatic heterocycles. The van der Waals surface area contributed by atoms with Crippen LogP contribution in [0, 0.1) is 5.82 Å². The molecule has 1 aliphatic rings. The molecule has 1 amide bonds. The highest BCUT2D eigenvalue weighted by Crippen LogP contribution is 2.24. The van der Waals surface area contributed by atoms with E-state index in [0.717, 1.165) is 6.07 Å². The standard InChI is InChI=1S/C14H15F2NO2/c1-2-9(7-15)8-19-11-5-10-3-4-17-14(18)13(10)12(16)6-11/h5-7H,2-4,8H2,1H3,(H,17,18)/b9-7+. The van der Waals surface area contributed by atoms with Crippen LogP contribution >= 0.6 is 0 Å². The molecule has 0 unspecified atom stereocenters. The highest BCUT2D eigenvalue weighted by Gasteiger charge is 2.22. The topological polar surface area (TPSA) is 38.3 Å². The first-order chi connectivity index (χ1) is 9.15. The maximum atomic E-state index is 13.8. The first-order valence-electron chi connectivity index (χ1n) is 6.17. The number of fused-ring (bicyclic) bond motifs is 1. The van der Waals surface area contributed by atoms with Gasteiger partial charge in [-0.1, -0.05) is 6.92 Å². The van der Waals surface area contributed by atoms with Crippen LogP contribution in [0.2, 0.25) is 0 Å². The Bertz CT molecular complexity index is 526. The Kier molecular flexibility index (Phi) is 4.14. The minimum Gasteiger partial charge on any atom is -0.489 e. The molecule has 0 aromatic heterocycles. The second kappa shape index (κ2) is 5.82. The molecule has 1 N–H and O–H groups in total. The van der Waals surface area contributed by atoms with Crippen LogP contribution in [-0.2, 0) is 6.42 Å². The molecule has 1 heterocycles. The van der Waals surface area contributed by atoms with Crippen molar-refractivity contribution in [2.75, 3.05) is 13.2 Å². The fourth-order valence-electron chi connectivity index (χ4n) is 1.96. The Balaban J connectivity index is 2.20. The highest BCUT2D eigenvalue weighted by atomic mass is 19.1. The summed E-state index contributed by atoms with van der Waals surface area (Å²) in [6.45, 7) is 2.38. The van der Waals surface area contributed by atoms with Crippen molar-refractivity contribution < 1.29 is 18.3 Å². The van der Waals surface area contributed by atoms with E-state index in [9.17, 15) is 13.6 Å². The van der Waals surface area contributed by atoms with Crippen molar-refractivity contribution in [1.82, 2.24) is 5.32 Å². The number of hydrogen-bond donors (Lipinski definition) is 1. The lowest BCUT2D eigenvalue weighted by Gasteiger charge is -2.18. The summed E-state index contributed by atoms with van der Waals surface area (Å²) in [6, 6.07) is 2.80. The van der Waals surface area contributed by atoms with Crippen LogP contribution in [0.3, 0.4) is 0 Å².